The Bertz CT molecular complexity index is 523. The lowest BCUT2D eigenvalue weighted by Gasteiger charge is -2.03. The number of carboxylic acids is 1. The number of aromatic nitrogens is 4. The third-order valence-electron chi connectivity index (χ3n) is 2.16. The van der Waals surface area contributed by atoms with Gasteiger partial charge < -0.3 is 5.11 Å². The van der Waals surface area contributed by atoms with Gasteiger partial charge in [-0.15, -0.1) is 5.10 Å². The summed E-state index contributed by atoms with van der Waals surface area (Å²) < 4.78 is 2.47. The maximum Gasteiger partial charge on any atom is 0.311 e. The third-order valence-corrected chi connectivity index (χ3v) is 2.69. The number of nitrogens with zero attached hydrogens (tertiary/aromatic N) is 4. The van der Waals surface area contributed by atoms with Crippen LogP contribution in [0.5, 0.6) is 0 Å². The second-order valence-corrected chi connectivity index (χ2v) is 4.37. The minimum atomic E-state index is -0.947. The van der Waals surface area contributed by atoms with E-state index in [1.54, 1.807) is 0 Å². The lowest BCUT2D eigenvalue weighted by atomic mass is 10.2. The van der Waals surface area contributed by atoms with E-state index in [2.05, 4.69) is 31.5 Å². The van der Waals surface area contributed by atoms with Gasteiger partial charge in [-0.1, -0.05) is 28.1 Å². The Kier molecular flexibility index (Phi) is 3.48. The maximum absolute atomic E-state index is 10.6. The summed E-state index contributed by atoms with van der Waals surface area (Å²) in [6, 6.07) is 7.68. The molecule has 1 aromatic heterocycles. The fourth-order valence-corrected chi connectivity index (χ4v) is 1.63. The van der Waals surface area contributed by atoms with Crippen LogP contribution >= 0.6 is 15.9 Å². The van der Waals surface area contributed by atoms with Crippen molar-refractivity contribution in [3.8, 4) is 0 Å². The number of rotatable bonds is 4. The normalized spacial score (nSPS) is 10.4. The van der Waals surface area contributed by atoms with E-state index >= 15 is 0 Å². The third kappa shape index (κ3) is 3.10. The van der Waals surface area contributed by atoms with Crippen LogP contribution in [0, 0.1) is 0 Å². The van der Waals surface area contributed by atoms with Crippen LogP contribution in [0.4, 0.5) is 0 Å². The predicted molar refractivity (Wildman–Crippen MR) is 62.4 cm³/mol. The standard InChI is InChI=1S/C10H9BrN4O2/c11-8-3-1-7(2-4-8)6-15-9(5-10(16)17)12-13-14-15/h1-4H,5-6H2,(H,16,17). The molecule has 0 fully saturated rings. The van der Waals surface area contributed by atoms with Crippen LogP contribution in [0.2, 0.25) is 0 Å². The molecular weight excluding hydrogens is 288 g/mol. The summed E-state index contributed by atoms with van der Waals surface area (Å²) in [4.78, 5) is 10.6. The Hall–Kier alpha value is -1.76. The molecule has 17 heavy (non-hydrogen) atoms. The minimum Gasteiger partial charge on any atom is -0.481 e. The molecular formula is C10H9BrN4O2. The zero-order valence-corrected chi connectivity index (χ0v) is 10.3. The van der Waals surface area contributed by atoms with Gasteiger partial charge in [0.05, 0.1) is 6.54 Å². The topological polar surface area (TPSA) is 80.9 Å². The van der Waals surface area contributed by atoms with Crippen LogP contribution in [-0.2, 0) is 17.8 Å². The first-order valence-electron chi connectivity index (χ1n) is 4.86. The molecule has 0 unspecified atom stereocenters. The predicted octanol–water partition coefficient (Wildman–Crippen LogP) is 1.11. The molecule has 0 amide bonds. The lowest BCUT2D eigenvalue weighted by molar-refractivity contribution is -0.136. The van der Waals surface area contributed by atoms with Crippen LogP contribution in [0.1, 0.15) is 11.4 Å². The maximum atomic E-state index is 10.6. The molecule has 0 bridgehead atoms. The molecule has 2 aromatic rings. The highest BCUT2D eigenvalue weighted by Crippen LogP contribution is 2.11. The number of hydrogen-bond acceptors (Lipinski definition) is 4. The van der Waals surface area contributed by atoms with Gasteiger partial charge in [-0.25, -0.2) is 4.68 Å². The monoisotopic (exact) mass is 296 g/mol. The molecule has 6 nitrogen and oxygen atoms in total. The lowest BCUT2D eigenvalue weighted by Crippen LogP contribution is -2.11. The first-order chi connectivity index (χ1) is 8.15. The molecule has 7 heteroatoms. The smallest absolute Gasteiger partial charge is 0.311 e. The van der Waals surface area contributed by atoms with Gasteiger partial charge >= 0.3 is 5.97 Å². The van der Waals surface area contributed by atoms with E-state index < -0.39 is 5.97 Å². The van der Waals surface area contributed by atoms with Crippen molar-refractivity contribution in [1.82, 2.24) is 20.2 Å². The summed E-state index contributed by atoms with van der Waals surface area (Å²) in [5, 5.41) is 19.6. The molecule has 0 saturated carbocycles. The van der Waals surface area contributed by atoms with Gasteiger partial charge in [0.1, 0.15) is 6.42 Å². The Morgan fingerprint density at radius 3 is 2.71 bits per heavy atom. The molecule has 1 N–H and O–H groups in total. The molecule has 1 heterocycles. The van der Waals surface area contributed by atoms with Gasteiger partial charge in [0.25, 0.3) is 0 Å². The molecule has 0 saturated heterocycles. The van der Waals surface area contributed by atoms with Crippen molar-refractivity contribution in [1.29, 1.82) is 0 Å². The zero-order chi connectivity index (χ0) is 12.3. The van der Waals surface area contributed by atoms with E-state index in [4.69, 9.17) is 5.11 Å². The minimum absolute atomic E-state index is 0.177. The summed E-state index contributed by atoms with van der Waals surface area (Å²) in [5.41, 5.74) is 1.01. The molecule has 88 valence electrons. The quantitative estimate of drug-likeness (QED) is 0.914. The van der Waals surface area contributed by atoms with E-state index in [-0.39, 0.29) is 6.42 Å². The molecule has 0 aliphatic rings. The van der Waals surface area contributed by atoms with Gasteiger partial charge in [-0.3, -0.25) is 4.79 Å². The number of halogens is 1. The number of hydrogen-bond donors (Lipinski definition) is 1. The number of carboxylic acid groups (broad SMARTS) is 1. The highest BCUT2D eigenvalue weighted by molar-refractivity contribution is 9.10. The van der Waals surface area contributed by atoms with Gasteiger partial charge in [-0.2, -0.15) is 0 Å². The average Bonchev–Trinajstić information content (AvgIpc) is 2.68. The number of tetrazole rings is 1. The van der Waals surface area contributed by atoms with Crippen LogP contribution in [-0.4, -0.2) is 31.3 Å². The fourth-order valence-electron chi connectivity index (χ4n) is 1.37. The van der Waals surface area contributed by atoms with Crippen LogP contribution in [0.15, 0.2) is 28.7 Å². The fraction of sp³-hybridized carbons (Fsp3) is 0.200. The highest BCUT2D eigenvalue weighted by atomic mass is 79.9. The first-order valence-corrected chi connectivity index (χ1v) is 5.66. The first kappa shape index (κ1) is 11.7. The van der Waals surface area contributed by atoms with Crippen molar-refractivity contribution in [3.63, 3.8) is 0 Å². The van der Waals surface area contributed by atoms with Crippen molar-refractivity contribution >= 4 is 21.9 Å². The van der Waals surface area contributed by atoms with E-state index in [0.717, 1.165) is 10.0 Å². The summed E-state index contributed by atoms with van der Waals surface area (Å²) in [5.74, 6) is -0.600. The SMILES string of the molecule is O=C(O)Cc1nnnn1Cc1ccc(Br)cc1. The Balaban J connectivity index is 2.15. The summed E-state index contributed by atoms with van der Waals surface area (Å²) in [6.07, 6.45) is -0.177. The summed E-state index contributed by atoms with van der Waals surface area (Å²) in [7, 11) is 0. The largest absolute Gasteiger partial charge is 0.481 e. The molecule has 0 spiro atoms. The summed E-state index contributed by atoms with van der Waals surface area (Å²) >= 11 is 3.35. The van der Waals surface area contributed by atoms with Crippen molar-refractivity contribution in [3.05, 3.63) is 40.1 Å². The van der Waals surface area contributed by atoms with Crippen molar-refractivity contribution in [2.45, 2.75) is 13.0 Å². The molecule has 0 radical (unpaired) electrons. The molecule has 0 aliphatic carbocycles. The second-order valence-electron chi connectivity index (χ2n) is 3.45. The van der Waals surface area contributed by atoms with Gasteiger partial charge in [0.15, 0.2) is 5.82 Å². The number of aliphatic carboxylic acids is 1. The van der Waals surface area contributed by atoms with Crippen molar-refractivity contribution in [2.24, 2.45) is 0 Å². The van der Waals surface area contributed by atoms with Gasteiger partial charge in [-0.05, 0) is 28.1 Å². The average molecular weight is 297 g/mol. The zero-order valence-electron chi connectivity index (χ0n) is 8.75. The highest BCUT2D eigenvalue weighted by Gasteiger charge is 2.10. The van der Waals surface area contributed by atoms with E-state index in [1.165, 1.54) is 4.68 Å². The van der Waals surface area contributed by atoms with E-state index in [1.807, 2.05) is 24.3 Å². The number of benzene rings is 1. The van der Waals surface area contributed by atoms with E-state index in [9.17, 15) is 4.79 Å². The second kappa shape index (κ2) is 5.05. The Morgan fingerprint density at radius 2 is 2.06 bits per heavy atom. The Labute approximate surface area is 105 Å². The van der Waals surface area contributed by atoms with Gasteiger partial charge in [0, 0.05) is 4.47 Å². The van der Waals surface area contributed by atoms with Crippen molar-refractivity contribution in [2.75, 3.05) is 0 Å². The number of carbonyl (C=O) groups is 1. The molecule has 2 rings (SSSR count). The van der Waals surface area contributed by atoms with Crippen LogP contribution in [0.25, 0.3) is 0 Å². The Morgan fingerprint density at radius 1 is 1.35 bits per heavy atom. The van der Waals surface area contributed by atoms with Crippen LogP contribution in [0.3, 0.4) is 0 Å². The van der Waals surface area contributed by atoms with Gasteiger partial charge in [0.2, 0.25) is 0 Å². The van der Waals surface area contributed by atoms with Crippen molar-refractivity contribution < 1.29 is 9.90 Å². The molecule has 1 aromatic carbocycles. The molecule has 0 aliphatic heterocycles. The summed E-state index contributed by atoms with van der Waals surface area (Å²) in [6.45, 7) is 0.461. The molecule has 0 atom stereocenters. The van der Waals surface area contributed by atoms with E-state index in [0.29, 0.717) is 12.4 Å². The van der Waals surface area contributed by atoms with Crippen LogP contribution < -0.4 is 0 Å².